The lowest BCUT2D eigenvalue weighted by atomic mass is 10.3. The van der Waals surface area contributed by atoms with Crippen molar-refractivity contribution in [1.82, 2.24) is 0 Å². The third-order valence-corrected chi connectivity index (χ3v) is 2.33. The van der Waals surface area contributed by atoms with Crippen LogP contribution in [0.2, 0.25) is 5.02 Å². The fraction of sp³-hybridized carbons (Fsp3) is 0.100. The van der Waals surface area contributed by atoms with Crippen molar-refractivity contribution in [3.63, 3.8) is 0 Å². The molecule has 0 aliphatic heterocycles. The van der Waals surface area contributed by atoms with Crippen LogP contribution < -0.4 is 5.32 Å². The summed E-state index contributed by atoms with van der Waals surface area (Å²) in [5.74, 6) is -0.187. The number of rotatable bonds is 2. The van der Waals surface area contributed by atoms with Crippen LogP contribution in [-0.4, -0.2) is 5.91 Å². The summed E-state index contributed by atoms with van der Waals surface area (Å²) in [6.07, 6.45) is 3.11. The first-order chi connectivity index (χ1) is 6.63. The Morgan fingerprint density at radius 2 is 2.29 bits per heavy atom. The Bertz CT molecular complexity index is 376. The van der Waals surface area contributed by atoms with Gasteiger partial charge in [-0.05, 0) is 31.2 Å². The van der Waals surface area contributed by atoms with Crippen LogP contribution in [0.5, 0.6) is 0 Å². The summed E-state index contributed by atoms with van der Waals surface area (Å²) in [7, 11) is 0. The van der Waals surface area contributed by atoms with E-state index < -0.39 is 0 Å². The molecule has 0 saturated heterocycles. The summed E-state index contributed by atoms with van der Waals surface area (Å²) in [6, 6.07) is 5.29. The van der Waals surface area contributed by atoms with E-state index in [1.54, 1.807) is 25.1 Å². The smallest absolute Gasteiger partial charge is 0.248 e. The number of allylic oxidation sites excluding steroid dienone is 1. The maximum Gasteiger partial charge on any atom is 0.248 e. The molecule has 0 unspecified atom stereocenters. The van der Waals surface area contributed by atoms with Gasteiger partial charge in [0.25, 0.3) is 0 Å². The van der Waals surface area contributed by atoms with Crippen molar-refractivity contribution in [2.45, 2.75) is 6.92 Å². The number of hydrogen-bond acceptors (Lipinski definition) is 1. The number of carbonyl (C=O) groups is 1. The van der Waals surface area contributed by atoms with E-state index in [2.05, 4.69) is 21.2 Å². The van der Waals surface area contributed by atoms with E-state index in [0.717, 1.165) is 4.47 Å². The van der Waals surface area contributed by atoms with Gasteiger partial charge in [-0.25, -0.2) is 0 Å². The molecule has 1 amide bonds. The van der Waals surface area contributed by atoms with Crippen molar-refractivity contribution in [3.8, 4) is 0 Å². The zero-order valence-electron chi connectivity index (χ0n) is 7.55. The van der Waals surface area contributed by atoms with Gasteiger partial charge in [0.05, 0.1) is 10.7 Å². The second-order valence-electron chi connectivity index (χ2n) is 2.61. The summed E-state index contributed by atoms with van der Waals surface area (Å²) in [4.78, 5) is 11.2. The molecular weight excluding hydrogens is 265 g/mol. The van der Waals surface area contributed by atoms with Crippen molar-refractivity contribution in [2.24, 2.45) is 0 Å². The molecule has 0 radical (unpaired) electrons. The minimum atomic E-state index is -0.187. The molecule has 1 rings (SSSR count). The van der Waals surface area contributed by atoms with E-state index in [1.807, 2.05) is 6.07 Å². The number of carbonyl (C=O) groups excluding carboxylic acids is 1. The van der Waals surface area contributed by atoms with Gasteiger partial charge < -0.3 is 5.32 Å². The Labute approximate surface area is 96.1 Å². The van der Waals surface area contributed by atoms with Crippen molar-refractivity contribution in [3.05, 3.63) is 39.8 Å². The van der Waals surface area contributed by atoms with E-state index in [4.69, 9.17) is 11.6 Å². The van der Waals surface area contributed by atoms with Gasteiger partial charge in [-0.15, -0.1) is 0 Å². The number of amides is 1. The van der Waals surface area contributed by atoms with Crippen LogP contribution in [-0.2, 0) is 4.79 Å². The van der Waals surface area contributed by atoms with E-state index in [9.17, 15) is 4.79 Å². The van der Waals surface area contributed by atoms with Gasteiger partial charge in [0.1, 0.15) is 0 Å². The van der Waals surface area contributed by atoms with Crippen molar-refractivity contribution < 1.29 is 4.79 Å². The largest absolute Gasteiger partial charge is 0.321 e. The molecule has 2 nitrogen and oxygen atoms in total. The molecule has 0 saturated carbocycles. The molecule has 0 atom stereocenters. The summed E-state index contributed by atoms with van der Waals surface area (Å²) >= 11 is 9.18. The molecule has 1 aromatic carbocycles. The molecule has 0 aromatic heterocycles. The zero-order chi connectivity index (χ0) is 10.6. The van der Waals surface area contributed by atoms with Gasteiger partial charge in [-0.3, -0.25) is 4.79 Å². The first kappa shape index (κ1) is 11.3. The fourth-order valence-corrected chi connectivity index (χ4v) is 1.44. The second kappa shape index (κ2) is 5.17. The van der Waals surface area contributed by atoms with E-state index >= 15 is 0 Å². The van der Waals surface area contributed by atoms with Crippen LogP contribution in [0.15, 0.2) is 34.8 Å². The van der Waals surface area contributed by atoms with Crippen LogP contribution in [0.25, 0.3) is 0 Å². The van der Waals surface area contributed by atoms with E-state index in [-0.39, 0.29) is 5.91 Å². The quantitative estimate of drug-likeness (QED) is 0.820. The lowest BCUT2D eigenvalue weighted by Crippen LogP contribution is -2.07. The standard InChI is InChI=1S/C10H9BrClNO/c1-2-3-10(14)13-9-6-7(11)4-5-8(9)12/h2-6H,1H3,(H,13,14)/b3-2+. The topological polar surface area (TPSA) is 29.1 Å². The first-order valence-corrected chi connectivity index (χ1v) is 5.19. The maximum absolute atomic E-state index is 11.2. The normalized spacial score (nSPS) is 10.5. The number of anilines is 1. The summed E-state index contributed by atoms with van der Waals surface area (Å²) in [5, 5.41) is 3.18. The van der Waals surface area contributed by atoms with Gasteiger partial charge in [0, 0.05) is 4.47 Å². The van der Waals surface area contributed by atoms with Gasteiger partial charge >= 0.3 is 0 Å². The predicted octanol–water partition coefficient (Wildman–Crippen LogP) is 3.62. The minimum Gasteiger partial charge on any atom is -0.321 e. The van der Waals surface area contributed by atoms with Gasteiger partial charge in [0.15, 0.2) is 0 Å². The third kappa shape index (κ3) is 3.16. The average molecular weight is 275 g/mol. The summed E-state index contributed by atoms with van der Waals surface area (Å²) < 4.78 is 0.873. The molecule has 0 aliphatic rings. The molecular formula is C10H9BrClNO. The highest BCUT2D eigenvalue weighted by Crippen LogP contribution is 2.25. The van der Waals surface area contributed by atoms with Crippen molar-refractivity contribution in [1.29, 1.82) is 0 Å². The first-order valence-electron chi connectivity index (χ1n) is 4.02. The molecule has 14 heavy (non-hydrogen) atoms. The molecule has 0 aliphatic carbocycles. The van der Waals surface area contributed by atoms with Gasteiger partial charge in [0.2, 0.25) is 5.91 Å². The SMILES string of the molecule is C/C=C/C(=O)Nc1cc(Br)ccc1Cl. The summed E-state index contributed by atoms with van der Waals surface area (Å²) in [5.41, 5.74) is 0.601. The Hall–Kier alpha value is -0.800. The average Bonchev–Trinajstić information content (AvgIpc) is 2.12. The lowest BCUT2D eigenvalue weighted by molar-refractivity contribution is -0.111. The van der Waals surface area contributed by atoms with E-state index in [1.165, 1.54) is 6.08 Å². The number of hydrogen-bond donors (Lipinski definition) is 1. The van der Waals surface area contributed by atoms with Crippen molar-refractivity contribution >= 4 is 39.1 Å². The van der Waals surface area contributed by atoms with Gasteiger partial charge in [-0.2, -0.15) is 0 Å². The molecule has 74 valence electrons. The molecule has 1 N–H and O–H groups in total. The molecule has 0 heterocycles. The molecule has 4 heteroatoms. The van der Waals surface area contributed by atoms with E-state index in [0.29, 0.717) is 10.7 Å². The Morgan fingerprint density at radius 3 is 2.93 bits per heavy atom. The van der Waals surface area contributed by atoms with Crippen LogP contribution in [0, 0.1) is 0 Å². The molecule has 0 bridgehead atoms. The number of nitrogens with one attached hydrogen (secondary N) is 1. The van der Waals surface area contributed by atoms with Crippen molar-refractivity contribution in [2.75, 3.05) is 5.32 Å². The third-order valence-electron chi connectivity index (χ3n) is 1.50. The van der Waals surface area contributed by atoms with Gasteiger partial charge in [-0.1, -0.05) is 33.6 Å². The fourth-order valence-electron chi connectivity index (χ4n) is 0.919. The lowest BCUT2D eigenvalue weighted by Gasteiger charge is -2.04. The maximum atomic E-state index is 11.2. The minimum absolute atomic E-state index is 0.187. The van der Waals surface area contributed by atoms with Crippen LogP contribution in [0.1, 0.15) is 6.92 Å². The van der Waals surface area contributed by atoms with Crippen LogP contribution in [0.4, 0.5) is 5.69 Å². The predicted molar refractivity (Wildman–Crippen MR) is 62.6 cm³/mol. The summed E-state index contributed by atoms with van der Waals surface area (Å²) in [6.45, 7) is 1.78. The highest BCUT2D eigenvalue weighted by atomic mass is 79.9. The molecule has 1 aromatic rings. The molecule has 0 spiro atoms. The highest BCUT2D eigenvalue weighted by molar-refractivity contribution is 9.10. The monoisotopic (exact) mass is 273 g/mol. The van der Waals surface area contributed by atoms with Crippen LogP contribution in [0.3, 0.4) is 0 Å². The number of halogens is 2. The second-order valence-corrected chi connectivity index (χ2v) is 3.94. The Balaban J connectivity index is 2.85. The van der Waals surface area contributed by atoms with Crippen LogP contribution >= 0.6 is 27.5 Å². The Morgan fingerprint density at radius 1 is 1.57 bits per heavy atom. The Kier molecular flexibility index (Phi) is 4.17. The zero-order valence-corrected chi connectivity index (χ0v) is 9.89. The molecule has 0 fully saturated rings. The number of benzene rings is 1. The highest BCUT2D eigenvalue weighted by Gasteiger charge is 2.02.